The molecule has 0 aliphatic carbocycles. The van der Waals surface area contributed by atoms with Crippen LogP contribution in [0.3, 0.4) is 0 Å². The number of carbonyl (C=O) groups is 2. The van der Waals surface area contributed by atoms with Crippen molar-refractivity contribution in [2.45, 2.75) is 6.04 Å². The largest absolute Gasteiger partial charge is 0.492 e. The monoisotopic (exact) mass is 327 g/mol. The number of rotatable bonds is 7. The smallest absolute Gasteiger partial charge is 0.321 e. The first-order chi connectivity index (χ1) is 11.7. The Kier molecular flexibility index (Phi) is 6.79. The van der Waals surface area contributed by atoms with Gasteiger partial charge in [-0.3, -0.25) is 15.4 Å². The zero-order valence-electron chi connectivity index (χ0n) is 13.5. The first kappa shape index (κ1) is 17.5. The van der Waals surface area contributed by atoms with Gasteiger partial charge < -0.3 is 10.1 Å². The maximum absolute atomic E-state index is 12.3. The average Bonchev–Trinajstić information content (AvgIpc) is 2.63. The summed E-state index contributed by atoms with van der Waals surface area (Å²) >= 11 is 0. The molecule has 0 heterocycles. The van der Waals surface area contributed by atoms with E-state index in [1.807, 2.05) is 60.7 Å². The molecule has 0 fully saturated rings. The summed E-state index contributed by atoms with van der Waals surface area (Å²) < 4.78 is 5.60. The van der Waals surface area contributed by atoms with E-state index in [1.54, 1.807) is 0 Å². The standard InChI is InChI=1S/C18H21N3O3/c1-19-18(23)21-17(22)16(14-8-4-2-5-9-14)20-12-13-24-15-10-6-3-7-11-15/h2-11,16,20H,12-13H2,1H3,(H2,19,21,22,23)/t16-/m1/s1. The van der Waals surface area contributed by atoms with Crippen LogP contribution in [0.15, 0.2) is 60.7 Å². The molecule has 1 atom stereocenters. The van der Waals surface area contributed by atoms with E-state index in [2.05, 4.69) is 16.0 Å². The highest BCUT2D eigenvalue weighted by Gasteiger charge is 2.21. The summed E-state index contributed by atoms with van der Waals surface area (Å²) in [5.41, 5.74) is 0.776. The van der Waals surface area contributed by atoms with Crippen LogP contribution in [0.1, 0.15) is 11.6 Å². The highest BCUT2D eigenvalue weighted by Crippen LogP contribution is 2.13. The van der Waals surface area contributed by atoms with Gasteiger partial charge in [-0.25, -0.2) is 4.79 Å². The maximum atomic E-state index is 12.3. The van der Waals surface area contributed by atoms with Gasteiger partial charge in [-0.1, -0.05) is 48.5 Å². The molecular weight excluding hydrogens is 306 g/mol. The molecule has 0 spiro atoms. The van der Waals surface area contributed by atoms with Crippen LogP contribution >= 0.6 is 0 Å². The third-order valence-corrected chi connectivity index (χ3v) is 3.32. The summed E-state index contributed by atoms with van der Waals surface area (Å²) in [4.78, 5) is 23.7. The van der Waals surface area contributed by atoms with Crippen LogP contribution in [0.5, 0.6) is 5.75 Å². The van der Waals surface area contributed by atoms with Crippen molar-refractivity contribution in [3.8, 4) is 5.75 Å². The molecule has 0 aromatic heterocycles. The Balaban J connectivity index is 1.93. The molecule has 2 aromatic carbocycles. The Bertz CT molecular complexity index is 647. The Morgan fingerprint density at radius 2 is 1.62 bits per heavy atom. The van der Waals surface area contributed by atoms with Gasteiger partial charge in [-0.2, -0.15) is 0 Å². The van der Waals surface area contributed by atoms with E-state index in [1.165, 1.54) is 7.05 Å². The fourth-order valence-corrected chi connectivity index (χ4v) is 2.14. The number of benzene rings is 2. The summed E-state index contributed by atoms with van der Waals surface area (Å²) in [6.45, 7) is 0.857. The Morgan fingerprint density at radius 3 is 2.25 bits per heavy atom. The second-order valence-electron chi connectivity index (χ2n) is 5.03. The average molecular weight is 327 g/mol. The molecule has 126 valence electrons. The van der Waals surface area contributed by atoms with Crippen molar-refractivity contribution in [2.75, 3.05) is 20.2 Å². The minimum atomic E-state index is -0.636. The van der Waals surface area contributed by atoms with E-state index >= 15 is 0 Å². The zero-order valence-corrected chi connectivity index (χ0v) is 13.5. The highest BCUT2D eigenvalue weighted by molar-refractivity contribution is 5.97. The quantitative estimate of drug-likeness (QED) is 0.678. The van der Waals surface area contributed by atoms with Crippen molar-refractivity contribution in [2.24, 2.45) is 0 Å². The number of ether oxygens (including phenoxy) is 1. The number of amides is 3. The van der Waals surface area contributed by atoms with Gasteiger partial charge in [0, 0.05) is 13.6 Å². The number of para-hydroxylation sites is 1. The molecule has 2 aromatic rings. The van der Waals surface area contributed by atoms with Crippen molar-refractivity contribution in [3.05, 3.63) is 66.2 Å². The lowest BCUT2D eigenvalue weighted by Crippen LogP contribution is -2.44. The lowest BCUT2D eigenvalue weighted by atomic mass is 10.1. The van der Waals surface area contributed by atoms with E-state index in [0.29, 0.717) is 13.2 Å². The Labute approximate surface area is 141 Å². The Morgan fingerprint density at radius 1 is 1.00 bits per heavy atom. The van der Waals surface area contributed by atoms with Crippen LogP contribution in [-0.2, 0) is 4.79 Å². The highest BCUT2D eigenvalue weighted by atomic mass is 16.5. The first-order valence-corrected chi connectivity index (χ1v) is 7.69. The molecule has 0 unspecified atom stereocenters. The third-order valence-electron chi connectivity index (χ3n) is 3.32. The fourth-order valence-electron chi connectivity index (χ4n) is 2.14. The van der Waals surface area contributed by atoms with Crippen molar-refractivity contribution in [1.82, 2.24) is 16.0 Å². The number of nitrogens with one attached hydrogen (secondary N) is 3. The number of imide groups is 1. The molecule has 0 aliphatic heterocycles. The van der Waals surface area contributed by atoms with Crippen molar-refractivity contribution in [3.63, 3.8) is 0 Å². The van der Waals surface area contributed by atoms with Gasteiger partial charge in [0.2, 0.25) is 5.91 Å². The summed E-state index contributed by atoms with van der Waals surface area (Å²) in [7, 11) is 1.46. The number of urea groups is 1. The van der Waals surface area contributed by atoms with Gasteiger partial charge in [-0.15, -0.1) is 0 Å². The SMILES string of the molecule is CNC(=O)NC(=O)[C@H](NCCOc1ccccc1)c1ccccc1. The van der Waals surface area contributed by atoms with E-state index in [9.17, 15) is 9.59 Å². The van der Waals surface area contributed by atoms with Gasteiger partial charge >= 0.3 is 6.03 Å². The number of carbonyl (C=O) groups excluding carboxylic acids is 2. The molecule has 0 radical (unpaired) electrons. The molecule has 6 heteroatoms. The summed E-state index contributed by atoms with van der Waals surface area (Å²) in [6, 6.07) is 17.5. The number of hydrogen-bond acceptors (Lipinski definition) is 4. The summed E-state index contributed by atoms with van der Waals surface area (Å²) in [5, 5.41) is 7.78. The lowest BCUT2D eigenvalue weighted by molar-refractivity contribution is -0.122. The predicted octanol–water partition coefficient (Wildman–Crippen LogP) is 1.85. The molecule has 0 bridgehead atoms. The van der Waals surface area contributed by atoms with E-state index < -0.39 is 18.0 Å². The van der Waals surface area contributed by atoms with Crippen LogP contribution in [0.2, 0.25) is 0 Å². The maximum Gasteiger partial charge on any atom is 0.321 e. The fraction of sp³-hybridized carbons (Fsp3) is 0.222. The van der Waals surface area contributed by atoms with Crippen LogP contribution in [0.4, 0.5) is 4.79 Å². The van der Waals surface area contributed by atoms with E-state index in [0.717, 1.165) is 11.3 Å². The van der Waals surface area contributed by atoms with Crippen LogP contribution in [0, 0.1) is 0 Å². The number of hydrogen-bond donors (Lipinski definition) is 3. The molecule has 0 saturated heterocycles. The molecule has 0 aliphatic rings. The first-order valence-electron chi connectivity index (χ1n) is 7.69. The van der Waals surface area contributed by atoms with E-state index in [4.69, 9.17) is 4.74 Å². The second-order valence-corrected chi connectivity index (χ2v) is 5.03. The third kappa shape index (κ3) is 5.40. The van der Waals surface area contributed by atoms with Crippen LogP contribution in [-0.4, -0.2) is 32.1 Å². The van der Waals surface area contributed by atoms with Gasteiger partial charge in [0.1, 0.15) is 18.4 Å². The van der Waals surface area contributed by atoms with Gasteiger partial charge in [0.15, 0.2) is 0 Å². The molecule has 0 saturated carbocycles. The Hall–Kier alpha value is -2.86. The second kappa shape index (κ2) is 9.32. The van der Waals surface area contributed by atoms with Gasteiger partial charge in [0.05, 0.1) is 0 Å². The summed E-state index contributed by atoms with van der Waals surface area (Å²) in [6.07, 6.45) is 0. The molecule has 3 amide bonds. The predicted molar refractivity (Wildman–Crippen MR) is 91.7 cm³/mol. The minimum Gasteiger partial charge on any atom is -0.492 e. The van der Waals surface area contributed by atoms with Crippen LogP contribution < -0.4 is 20.7 Å². The van der Waals surface area contributed by atoms with Crippen molar-refractivity contribution < 1.29 is 14.3 Å². The van der Waals surface area contributed by atoms with Crippen molar-refractivity contribution in [1.29, 1.82) is 0 Å². The topological polar surface area (TPSA) is 79.5 Å². The molecule has 2 rings (SSSR count). The molecule has 24 heavy (non-hydrogen) atoms. The zero-order chi connectivity index (χ0) is 17.2. The van der Waals surface area contributed by atoms with Gasteiger partial charge in [-0.05, 0) is 17.7 Å². The van der Waals surface area contributed by atoms with E-state index in [-0.39, 0.29) is 0 Å². The lowest BCUT2D eigenvalue weighted by Gasteiger charge is -2.18. The minimum absolute atomic E-state index is 0.403. The molecule has 3 N–H and O–H groups in total. The normalized spacial score (nSPS) is 11.4. The summed E-state index contributed by atoms with van der Waals surface area (Å²) in [5.74, 6) is 0.352. The molecular formula is C18H21N3O3. The van der Waals surface area contributed by atoms with Crippen LogP contribution in [0.25, 0.3) is 0 Å². The molecule has 6 nitrogen and oxygen atoms in total. The van der Waals surface area contributed by atoms with Crippen molar-refractivity contribution >= 4 is 11.9 Å². The van der Waals surface area contributed by atoms with Gasteiger partial charge in [0.25, 0.3) is 0 Å².